The normalized spacial score (nSPS) is 12.8. The first-order chi connectivity index (χ1) is 7.06. The van der Waals surface area contributed by atoms with E-state index in [0.29, 0.717) is 0 Å². The summed E-state index contributed by atoms with van der Waals surface area (Å²) in [5, 5.41) is 4.38. The third kappa shape index (κ3) is 2.93. The molecule has 0 aliphatic heterocycles. The Morgan fingerprint density at radius 1 is 1.53 bits per heavy atom. The van der Waals surface area contributed by atoms with Gasteiger partial charge < -0.3 is 5.73 Å². The molecule has 3 heteroatoms. The molecule has 0 aromatic carbocycles. The van der Waals surface area contributed by atoms with Crippen LogP contribution >= 0.6 is 0 Å². The fraction of sp³-hybridized carbons (Fsp3) is 0.583. The lowest BCUT2D eigenvalue weighted by Crippen LogP contribution is -2.23. The molecule has 0 aliphatic rings. The first-order valence-electron chi connectivity index (χ1n) is 5.41. The van der Waals surface area contributed by atoms with Crippen LogP contribution in [0, 0.1) is 13.8 Å². The van der Waals surface area contributed by atoms with E-state index in [4.69, 9.17) is 5.73 Å². The quantitative estimate of drug-likeness (QED) is 0.749. The second-order valence-electron chi connectivity index (χ2n) is 4.10. The van der Waals surface area contributed by atoms with Crippen molar-refractivity contribution in [2.45, 2.75) is 39.2 Å². The standard InChI is InChI=1S/C12H21N3/c1-5-6-7-11(13)8-12-9(2)14-15(4)10(12)3/h5,11H,1,6-8,13H2,2-4H3. The molecule has 0 radical (unpaired) electrons. The van der Waals surface area contributed by atoms with Crippen LogP contribution in [0.1, 0.15) is 29.8 Å². The monoisotopic (exact) mass is 207 g/mol. The first kappa shape index (κ1) is 12.0. The van der Waals surface area contributed by atoms with Gasteiger partial charge in [0.15, 0.2) is 0 Å². The van der Waals surface area contributed by atoms with Crippen LogP contribution in [0.25, 0.3) is 0 Å². The lowest BCUT2D eigenvalue weighted by molar-refractivity contribution is 0.614. The van der Waals surface area contributed by atoms with Crippen LogP contribution < -0.4 is 5.73 Å². The maximum absolute atomic E-state index is 6.05. The van der Waals surface area contributed by atoms with Crippen LogP contribution in [0.2, 0.25) is 0 Å². The number of aromatic nitrogens is 2. The Morgan fingerprint density at radius 2 is 2.20 bits per heavy atom. The van der Waals surface area contributed by atoms with Crippen LogP contribution in [0.4, 0.5) is 0 Å². The molecule has 3 nitrogen and oxygen atoms in total. The zero-order valence-corrected chi connectivity index (χ0v) is 9.95. The largest absolute Gasteiger partial charge is 0.327 e. The SMILES string of the molecule is C=CCCC(N)Cc1c(C)nn(C)c1C. The molecule has 15 heavy (non-hydrogen) atoms. The van der Waals surface area contributed by atoms with Gasteiger partial charge in [-0.15, -0.1) is 6.58 Å². The van der Waals surface area contributed by atoms with Gasteiger partial charge >= 0.3 is 0 Å². The highest BCUT2D eigenvalue weighted by Crippen LogP contribution is 2.15. The maximum Gasteiger partial charge on any atom is 0.0628 e. The van der Waals surface area contributed by atoms with Gasteiger partial charge in [-0.25, -0.2) is 0 Å². The highest BCUT2D eigenvalue weighted by atomic mass is 15.3. The summed E-state index contributed by atoms with van der Waals surface area (Å²) in [4.78, 5) is 0. The third-order valence-corrected chi connectivity index (χ3v) is 2.87. The Hall–Kier alpha value is -1.09. The van der Waals surface area contributed by atoms with Crippen LogP contribution in [0.5, 0.6) is 0 Å². The molecule has 0 saturated carbocycles. The predicted molar refractivity (Wildman–Crippen MR) is 63.8 cm³/mol. The number of aryl methyl sites for hydroxylation is 2. The molecule has 1 heterocycles. The Morgan fingerprint density at radius 3 is 2.67 bits per heavy atom. The smallest absolute Gasteiger partial charge is 0.0628 e. The molecule has 1 aromatic rings. The molecule has 1 aromatic heterocycles. The van der Waals surface area contributed by atoms with Gasteiger partial charge in [-0.2, -0.15) is 5.10 Å². The van der Waals surface area contributed by atoms with Crippen molar-refractivity contribution in [1.29, 1.82) is 0 Å². The summed E-state index contributed by atoms with van der Waals surface area (Å²) in [6.45, 7) is 7.84. The van der Waals surface area contributed by atoms with Crippen molar-refractivity contribution in [2.24, 2.45) is 12.8 Å². The van der Waals surface area contributed by atoms with Gasteiger partial charge in [0.2, 0.25) is 0 Å². The highest BCUT2D eigenvalue weighted by Gasteiger charge is 2.12. The number of hydrogen-bond donors (Lipinski definition) is 1. The molecule has 0 aliphatic carbocycles. The van der Waals surface area contributed by atoms with Crippen molar-refractivity contribution in [3.63, 3.8) is 0 Å². The van der Waals surface area contributed by atoms with Gasteiger partial charge in [0.25, 0.3) is 0 Å². The number of hydrogen-bond acceptors (Lipinski definition) is 2. The minimum absolute atomic E-state index is 0.213. The van der Waals surface area contributed by atoms with Crippen molar-refractivity contribution >= 4 is 0 Å². The number of nitrogens with two attached hydrogens (primary N) is 1. The predicted octanol–water partition coefficient (Wildman–Crippen LogP) is 1.87. The minimum atomic E-state index is 0.213. The lowest BCUT2D eigenvalue weighted by Gasteiger charge is -2.10. The first-order valence-corrected chi connectivity index (χ1v) is 5.41. The van der Waals surface area contributed by atoms with Gasteiger partial charge in [0.05, 0.1) is 5.69 Å². The van der Waals surface area contributed by atoms with E-state index in [0.717, 1.165) is 25.0 Å². The summed E-state index contributed by atoms with van der Waals surface area (Å²) in [5.74, 6) is 0. The van der Waals surface area contributed by atoms with Crippen molar-refractivity contribution in [2.75, 3.05) is 0 Å². The molecule has 0 spiro atoms. The van der Waals surface area contributed by atoms with Crippen molar-refractivity contribution < 1.29 is 0 Å². The van der Waals surface area contributed by atoms with Gasteiger partial charge in [-0.1, -0.05) is 6.08 Å². The summed E-state index contributed by atoms with van der Waals surface area (Å²) in [5.41, 5.74) is 9.68. The van der Waals surface area contributed by atoms with Crippen molar-refractivity contribution in [1.82, 2.24) is 9.78 Å². The molecule has 2 N–H and O–H groups in total. The number of allylic oxidation sites excluding steroid dienone is 1. The van der Waals surface area contributed by atoms with Gasteiger partial charge in [-0.3, -0.25) is 4.68 Å². The Balaban J connectivity index is 2.67. The summed E-state index contributed by atoms with van der Waals surface area (Å²) >= 11 is 0. The van der Waals surface area contributed by atoms with Gasteiger partial charge in [0.1, 0.15) is 0 Å². The molecule has 1 unspecified atom stereocenters. The third-order valence-electron chi connectivity index (χ3n) is 2.87. The van der Waals surface area contributed by atoms with Crippen LogP contribution in [-0.4, -0.2) is 15.8 Å². The average molecular weight is 207 g/mol. The molecule has 1 rings (SSSR count). The molecule has 1 atom stereocenters. The maximum atomic E-state index is 6.05. The van der Waals surface area contributed by atoms with Crippen LogP contribution in [0.3, 0.4) is 0 Å². The fourth-order valence-corrected chi connectivity index (χ4v) is 1.81. The molecule has 0 saturated heterocycles. The summed E-state index contributed by atoms with van der Waals surface area (Å²) < 4.78 is 1.92. The highest BCUT2D eigenvalue weighted by molar-refractivity contribution is 5.25. The zero-order chi connectivity index (χ0) is 11.4. The van der Waals surface area contributed by atoms with Crippen LogP contribution in [0.15, 0.2) is 12.7 Å². The van der Waals surface area contributed by atoms with E-state index in [9.17, 15) is 0 Å². The van der Waals surface area contributed by atoms with E-state index in [1.165, 1.54) is 11.3 Å². The van der Waals surface area contributed by atoms with Crippen molar-refractivity contribution in [3.05, 3.63) is 29.6 Å². The number of nitrogens with zero attached hydrogens (tertiary/aromatic N) is 2. The number of rotatable bonds is 5. The van der Waals surface area contributed by atoms with Gasteiger partial charge in [0, 0.05) is 18.8 Å². The van der Waals surface area contributed by atoms with Gasteiger partial charge in [-0.05, 0) is 38.7 Å². The average Bonchev–Trinajstić information content (AvgIpc) is 2.42. The van der Waals surface area contributed by atoms with E-state index >= 15 is 0 Å². The summed E-state index contributed by atoms with van der Waals surface area (Å²) in [6.07, 6.45) is 4.82. The van der Waals surface area contributed by atoms with Crippen molar-refractivity contribution in [3.8, 4) is 0 Å². The Labute approximate surface area is 92.0 Å². The van der Waals surface area contributed by atoms with E-state index in [1.54, 1.807) is 0 Å². The topological polar surface area (TPSA) is 43.8 Å². The Kier molecular flexibility index (Phi) is 4.09. The van der Waals surface area contributed by atoms with E-state index in [2.05, 4.69) is 18.6 Å². The summed E-state index contributed by atoms with van der Waals surface area (Å²) in [7, 11) is 1.97. The molecule has 84 valence electrons. The lowest BCUT2D eigenvalue weighted by atomic mass is 10.0. The molecule has 0 amide bonds. The second-order valence-corrected chi connectivity index (χ2v) is 4.10. The van der Waals surface area contributed by atoms with E-state index in [-0.39, 0.29) is 6.04 Å². The Bertz CT molecular complexity index is 339. The molecule has 0 fully saturated rings. The molecular weight excluding hydrogens is 186 g/mol. The zero-order valence-electron chi connectivity index (χ0n) is 9.95. The molecular formula is C12H21N3. The second kappa shape index (κ2) is 5.12. The fourth-order valence-electron chi connectivity index (χ4n) is 1.81. The summed E-state index contributed by atoms with van der Waals surface area (Å²) in [6, 6.07) is 0.213. The molecule has 0 bridgehead atoms. The minimum Gasteiger partial charge on any atom is -0.327 e. The van der Waals surface area contributed by atoms with E-state index in [1.807, 2.05) is 24.7 Å². The van der Waals surface area contributed by atoms with E-state index < -0.39 is 0 Å². The van der Waals surface area contributed by atoms with Crippen LogP contribution in [-0.2, 0) is 13.5 Å².